The first kappa shape index (κ1) is 13.5. The highest BCUT2D eigenvalue weighted by atomic mass is 19.1. The normalized spacial score (nSPS) is 20.9. The predicted octanol–water partition coefficient (Wildman–Crippen LogP) is 1.29. The predicted molar refractivity (Wildman–Crippen MR) is 73.3 cm³/mol. The number of rotatable bonds is 2. The zero-order chi connectivity index (χ0) is 15.0. The van der Waals surface area contributed by atoms with Gasteiger partial charge in [0, 0.05) is 0 Å². The summed E-state index contributed by atoms with van der Waals surface area (Å²) in [5.41, 5.74) is 0.902. The summed E-state index contributed by atoms with van der Waals surface area (Å²) in [6, 6.07) is 4.60. The van der Waals surface area contributed by atoms with Gasteiger partial charge in [0.15, 0.2) is 0 Å². The Morgan fingerprint density at radius 1 is 1.48 bits per heavy atom. The van der Waals surface area contributed by atoms with Crippen molar-refractivity contribution in [2.24, 2.45) is 5.92 Å². The summed E-state index contributed by atoms with van der Waals surface area (Å²) < 4.78 is 13.9. The van der Waals surface area contributed by atoms with Gasteiger partial charge in [-0.25, -0.2) is 14.3 Å². The van der Waals surface area contributed by atoms with Crippen molar-refractivity contribution < 1.29 is 9.18 Å². The van der Waals surface area contributed by atoms with E-state index in [1.807, 2.05) is 13.0 Å². The van der Waals surface area contributed by atoms with Crippen molar-refractivity contribution in [3.05, 3.63) is 51.5 Å². The van der Waals surface area contributed by atoms with Crippen LogP contribution in [0.25, 0.3) is 0 Å². The van der Waals surface area contributed by atoms with Crippen LogP contribution in [0.4, 0.5) is 4.39 Å². The number of hydrogen-bond donors (Lipinski definition) is 3. The van der Waals surface area contributed by atoms with Gasteiger partial charge in [-0.3, -0.25) is 9.78 Å². The third-order valence-corrected chi connectivity index (χ3v) is 3.91. The number of aromatic nitrogens is 3. The standard InChI is InChI=1S/C14H15FN4O2/c1-7-5-6-8-9(3-2-4-10(8)15)11(7)16-13(20)12-17-14(21)19-18-12/h2-4,7,11H,5-6H2,1H3,(H,16,20)(H2,17,18,19,21). The van der Waals surface area contributed by atoms with Crippen molar-refractivity contribution in [1.82, 2.24) is 20.5 Å². The van der Waals surface area contributed by atoms with Gasteiger partial charge in [-0.15, -0.1) is 5.10 Å². The van der Waals surface area contributed by atoms with Crippen LogP contribution < -0.4 is 11.0 Å². The summed E-state index contributed by atoms with van der Waals surface area (Å²) in [6.45, 7) is 2.01. The molecule has 0 saturated carbocycles. The number of H-pyrrole nitrogens is 2. The molecule has 1 heterocycles. The monoisotopic (exact) mass is 290 g/mol. The fraction of sp³-hybridized carbons (Fsp3) is 0.357. The van der Waals surface area contributed by atoms with E-state index in [-0.39, 0.29) is 23.6 Å². The van der Waals surface area contributed by atoms with Gasteiger partial charge in [0.1, 0.15) is 5.82 Å². The molecule has 1 aliphatic carbocycles. The van der Waals surface area contributed by atoms with E-state index >= 15 is 0 Å². The van der Waals surface area contributed by atoms with E-state index in [4.69, 9.17) is 0 Å². The topological polar surface area (TPSA) is 90.6 Å². The van der Waals surface area contributed by atoms with Crippen LogP contribution in [0.3, 0.4) is 0 Å². The Hall–Kier alpha value is -2.44. The third kappa shape index (κ3) is 2.46. The van der Waals surface area contributed by atoms with Crippen molar-refractivity contribution in [2.45, 2.75) is 25.8 Å². The maximum atomic E-state index is 13.9. The molecule has 2 aromatic rings. The summed E-state index contributed by atoms with van der Waals surface area (Å²) in [7, 11) is 0. The molecule has 0 saturated heterocycles. The largest absolute Gasteiger partial charge is 0.342 e. The van der Waals surface area contributed by atoms with E-state index in [9.17, 15) is 14.0 Å². The van der Waals surface area contributed by atoms with Gasteiger partial charge in [0.05, 0.1) is 6.04 Å². The minimum absolute atomic E-state index is 0.0734. The summed E-state index contributed by atoms with van der Waals surface area (Å²) in [5.74, 6) is -0.626. The van der Waals surface area contributed by atoms with Gasteiger partial charge < -0.3 is 5.32 Å². The van der Waals surface area contributed by atoms with Crippen LogP contribution >= 0.6 is 0 Å². The SMILES string of the molecule is CC1CCc2c(F)cccc2C1NC(=O)c1n[nH]c(=O)[nH]1. The number of carbonyl (C=O) groups is 1. The van der Waals surface area contributed by atoms with Crippen LogP contribution in [0.15, 0.2) is 23.0 Å². The van der Waals surface area contributed by atoms with Gasteiger partial charge >= 0.3 is 5.69 Å². The lowest BCUT2D eigenvalue weighted by Crippen LogP contribution is -2.36. The molecule has 6 nitrogen and oxygen atoms in total. The van der Waals surface area contributed by atoms with Gasteiger partial charge in [0.25, 0.3) is 5.91 Å². The Kier molecular flexibility index (Phi) is 3.32. The van der Waals surface area contributed by atoms with Crippen LogP contribution in [-0.4, -0.2) is 21.1 Å². The number of nitrogens with one attached hydrogen (secondary N) is 3. The lowest BCUT2D eigenvalue weighted by atomic mass is 9.80. The molecule has 2 unspecified atom stereocenters. The Labute approximate surface area is 119 Å². The van der Waals surface area contributed by atoms with Crippen molar-refractivity contribution in [3.63, 3.8) is 0 Å². The number of nitrogens with zero attached hydrogens (tertiary/aromatic N) is 1. The number of benzene rings is 1. The highest BCUT2D eigenvalue weighted by Gasteiger charge is 2.30. The zero-order valence-corrected chi connectivity index (χ0v) is 11.4. The minimum Gasteiger partial charge on any atom is -0.342 e. The maximum absolute atomic E-state index is 13.9. The zero-order valence-electron chi connectivity index (χ0n) is 11.4. The average Bonchev–Trinajstić information content (AvgIpc) is 2.89. The van der Waals surface area contributed by atoms with Crippen LogP contribution in [-0.2, 0) is 6.42 Å². The molecule has 110 valence electrons. The smallest absolute Gasteiger partial charge is 0.341 e. The van der Waals surface area contributed by atoms with E-state index in [2.05, 4.69) is 20.5 Å². The molecule has 1 aromatic carbocycles. The van der Waals surface area contributed by atoms with E-state index in [0.29, 0.717) is 12.0 Å². The molecule has 1 aromatic heterocycles. The second-order valence-corrected chi connectivity index (χ2v) is 5.30. The molecule has 0 aliphatic heterocycles. The number of hydrogen-bond acceptors (Lipinski definition) is 3. The van der Waals surface area contributed by atoms with Crippen LogP contribution in [0, 0.1) is 11.7 Å². The summed E-state index contributed by atoms with van der Waals surface area (Å²) in [6.07, 6.45) is 1.45. The second kappa shape index (κ2) is 5.16. The van der Waals surface area contributed by atoms with Gasteiger partial charge in [-0.1, -0.05) is 19.1 Å². The molecule has 2 atom stereocenters. The van der Waals surface area contributed by atoms with Crippen molar-refractivity contribution in [1.29, 1.82) is 0 Å². The fourth-order valence-electron chi connectivity index (χ4n) is 2.78. The fourth-order valence-corrected chi connectivity index (χ4v) is 2.78. The maximum Gasteiger partial charge on any atom is 0.341 e. The summed E-state index contributed by atoms with van der Waals surface area (Å²) >= 11 is 0. The molecule has 0 radical (unpaired) electrons. The molecular weight excluding hydrogens is 275 g/mol. The van der Waals surface area contributed by atoms with Gasteiger partial charge in [-0.2, -0.15) is 0 Å². The van der Waals surface area contributed by atoms with E-state index in [1.165, 1.54) is 6.07 Å². The molecule has 3 N–H and O–H groups in total. The first-order chi connectivity index (χ1) is 10.1. The molecule has 3 rings (SSSR count). The lowest BCUT2D eigenvalue weighted by molar-refractivity contribution is 0.0908. The van der Waals surface area contributed by atoms with Crippen molar-refractivity contribution >= 4 is 5.91 Å². The van der Waals surface area contributed by atoms with E-state index in [0.717, 1.165) is 12.0 Å². The summed E-state index contributed by atoms with van der Waals surface area (Å²) in [4.78, 5) is 25.4. The van der Waals surface area contributed by atoms with Crippen LogP contribution in [0.5, 0.6) is 0 Å². The van der Waals surface area contributed by atoms with Crippen LogP contribution in [0.2, 0.25) is 0 Å². The lowest BCUT2D eigenvalue weighted by Gasteiger charge is -2.32. The van der Waals surface area contributed by atoms with Crippen LogP contribution in [0.1, 0.15) is 41.1 Å². The number of carbonyl (C=O) groups excluding carboxylic acids is 1. The first-order valence-corrected chi connectivity index (χ1v) is 6.79. The van der Waals surface area contributed by atoms with Gasteiger partial charge in [0.2, 0.25) is 5.82 Å². The Morgan fingerprint density at radius 3 is 3.00 bits per heavy atom. The van der Waals surface area contributed by atoms with E-state index < -0.39 is 11.6 Å². The van der Waals surface area contributed by atoms with Gasteiger partial charge in [-0.05, 0) is 36.0 Å². The molecule has 0 fully saturated rings. The second-order valence-electron chi connectivity index (χ2n) is 5.30. The van der Waals surface area contributed by atoms with Crippen molar-refractivity contribution in [2.75, 3.05) is 0 Å². The first-order valence-electron chi connectivity index (χ1n) is 6.79. The van der Waals surface area contributed by atoms with E-state index in [1.54, 1.807) is 6.07 Å². The molecule has 1 amide bonds. The number of fused-ring (bicyclic) bond motifs is 1. The number of halogens is 1. The Balaban J connectivity index is 1.90. The summed E-state index contributed by atoms with van der Waals surface area (Å²) in [5, 5.41) is 8.57. The molecule has 7 heteroatoms. The highest BCUT2D eigenvalue weighted by Crippen LogP contribution is 2.35. The number of aromatic amines is 2. The number of amides is 1. The quantitative estimate of drug-likeness (QED) is 0.778. The highest BCUT2D eigenvalue weighted by molar-refractivity contribution is 5.90. The Morgan fingerprint density at radius 2 is 2.29 bits per heavy atom. The average molecular weight is 290 g/mol. The Bertz CT molecular complexity index is 737. The molecule has 0 spiro atoms. The molecule has 21 heavy (non-hydrogen) atoms. The molecule has 0 bridgehead atoms. The van der Waals surface area contributed by atoms with Crippen molar-refractivity contribution in [3.8, 4) is 0 Å². The third-order valence-electron chi connectivity index (χ3n) is 3.91. The minimum atomic E-state index is -0.539. The molecular formula is C14H15FN4O2. The molecule has 1 aliphatic rings.